The van der Waals surface area contributed by atoms with Crippen molar-refractivity contribution in [1.82, 2.24) is 15.1 Å². The third-order valence-corrected chi connectivity index (χ3v) is 5.33. The largest absolute Gasteiger partial charge is 0.484 e. The number of ether oxygens (including phenoxy) is 1. The molecule has 0 unspecified atom stereocenters. The minimum atomic E-state index is -1.62. The SMILES string of the molecule is CCc1nn(C)c(C(=O)NCc2c(F)c(F)c(OC3CCCC3)c(F)c2F)c1Cl. The smallest absolute Gasteiger partial charge is 0.271 e. The summed E-state index contributed by atoms with van der Waals surface area (Å²) in [5, 5.41) is 6.40. The van der Waals surface area contributed by atoms with Crippen molar-refractivity contribution < 1.29 is 27.1 Å². The fourth-order valence-corrected chi connectivity index (χ4v) is 3.75. The molecule has 1 aromatic heterocycles. The molecule has 0 saturated heterocycles. The van der Waals surface area contributed by atoms with Crippen LogP contribution in [0.5, 0.6) is 5.75 Å². The fraction of sp³-hybridized carbons (Fsp3) is 0.474. The Morgan fingerprint density at radius 3 is 2.28 bits per heavy atom. The molecule has 1 saturated carbocycles. The van der Waals surface area contributed by atoms with Crippen molar-refractivity contribution in [2.24, 2.45) is 7.05 Å². The van der Waals surface area contributed by atoms with Gasteiger partial charge in [0.1, 0.15) is 5.69 Å². The van der Waals surface area contributed by atoms with Crippen molar-refractivity contribution in [3.63, 3.8) is 0 Å². The number of aromatic nitrogens is 2. The number of amides is 1. The zero-order chi connectivity index (χ0) is 21.3. The lowest BCUT2D eigenvalue weighted by Gasteiger charge is -2.17. The molecule has 3 rings (SSSR count). The summed E-state index contributed by atoms with van der Waals surface area (Å²) in [6, 6.07) is 0. The number of hydrogen-bond acceptors (Lipinski definition) is 3. The van der Waals surface area contributed by atoms with Crippen LogP contribution in [-0.2, 0) is 20.0 Å². The predicted molar refractivity (Wildman–Crippen MR) is 97.9 cm³/mol. The van der Waals surface area contributed by atoms with E-state index in [0.29, 0.717) is 25.0 Å². The molecule has 1 heterocycles. The topological polar surface area (TPSA) is 56.2 Å². The van der Waals surface area contributed by atoms with Gasteiger partial charge in [-0.1, -0.05) is 18.5 Å². The first-order chi connectivity index (χ1) is 13.8. The van der Waals surface area contributed by atoms with Crippen LogP contribution in [-0.4, -0.2) is 21.8 Å². The number of halogens is 5. The van der Waals surface area contributed by atoms with E-state index in [9.17, 15) is 22.4 Å². The molecule has 10 heteroatoms. The molecule has 0 radical (unpaired) electrons. The monoisotopic (exact) mass is 433 g/mol. The van der Waals surface area contributed by atoms with Gasteiger partial charge in [0.2, 0.25) is 11.6 Å². The van der Waals surface area contributed by atoms with E-state index in [0.717, 1.165) is 12.8 Å². The normalized spacial score (nSPS) is 14.4. The maximum atomic E-state index is 14.4. The summed E-state index contributed by atoms with van der Waals surface area (Å²) in [6.45, 7) is 1.01. The quantitative estimate of drug-likeness (QED) is 0.541. The second kappa shape index (κ2) is 8.61. The lowest BCUT2D eigenvalue weighted by molar-refractivity contribution is 0.0940. The Kier molecular flexibility index (Phi) is 6.36. The van der Waals surface area contributed by atoms with E-state index in [1.807, 2.05) is 0 Å². The van der Waals surface area contributed by atoms with Crippen molar-refractivity contribution in [3.05, 3.63) is 45.2 Å². The molecule has 158 valence electrons. The molecular weight excluding hydrogens is 414 g/mol. The molecular formula is C19H20ClF4N3O2. The number of rotatable bonds is 6. The summed E-state index contributed by atoms with van der Waals surface area (Å²) in [7, 11) is 1.48. The zero-order valence-electron chi connectivity index (χ0n) is 15.9. The molecule has 1 aromatic carbocycles. The Morgan fingerprint density at radius 1 is 1.17 bits per heavy atom. The van der Waals surface area contributed by atoms with E-state index in [-0.39, 0.29) is 10.7 Å². The molecule has 0 spiro atoms. The van der Waals surface area contributed by atoms with E-state index < -0.39 is 53.1 Å². The Labute approximate surface area is 170 Å². The van der Waals surface area contributed by atoms with Crippen LogP contribution < -0.4 is 10.1 Å². The van der Waals surface area contributed by atoms with Gasteiger partial charge < -0.3 is 10.1 Å². The number of carbonyl (C=O) groups is 1. The van der Waals surface area contributed by atoms with E-state index in [2.05, 4.69) is 10.4 Å². The van der Waals surface area contributed by atoms with Crippen molar-refractivity contribution in [3.8, 4) is 5.75 Å². The maximum Gasteiger partial charge on any atom is 0.271 e. The van der Waals surface area contributed by atoms with Crippen LogP contribution in [0, 0.1) is 23.3 Å². The number of hydrogen-bond donors (Lipinski definition) is 1. The van der Waals surface area contributed by atoms with Crippen LogP contribution in [0.1, 0.15) is 54.4 Å². The predicted octanol–water partition coefficient (Wildman–Crippen LogP) is 4.44. The molecule has 1 N–H and O–H groups in total. The lowest BCUT2D eigenvalue weighted by atomic mass is 10.1. The molecule has 2 aromatic rings. The molecule has 0 bridgehead atoms. The number of nitrogens with one attached hydrogen (secondary N) is 1. The third-order valence-electron chi connectivity index (χ3n) is 4.93. The van der Waals surface area contributed by atoms with Gasteiger partial charge in [0.15, 0.2) is 17.4 Å². The highest BCUT2D eigenvalue weighted by Gasteiger charge is 2.30. The summed E-state index contributed by atoms with van der Waals surface area (Å²) in [4.78, 5) is 12.4. The van der Waals surface area contributed by atoms with E-state index in [4.69, 9.17) is 16.3 Å². The first-order valence-corrected chi connectivity index (χ1v) is 9.65. The highest BCUT2D eigenvalue weighted by Crippen LogP contribution is 2.33. The average molecular weight is 434 g/mol. The van der Waals surface area contributed by atoms with Crippen LogP contribution >= 0.6 is 11.6 Å². The summed E-state index contributed by atoms with van der Waals surface area (Å²) >= 11 is 6.09. The van der Waals surface area contributed by atoms with Gasteiger partial charge in [0, 0.05) is 19.2 Å². The Hall–Kier alpha value is -2.29. The molecule has 0 atom stereocenters. The van der Waals surface area contributed by atoms with Gasteiger partial charge in [-0.3, -0.25) is 9.48 Å². The second-order valence-electron chi connectivity index (χ2n) is 6.86. The number of benzene rings is 1. The molecule has 1 amide bonds. The van der Waals surface area contributed by atoms with Gasteiger partial charge in [0.05, 0.1) is 16.8 Å². The summed E-state index contributed by atoms with van der Waals surface area (Å²) in [5.41, 5.74) is -0.491. The standard InChI is InChI=1S/C19H20ClF4N3O2/c1-3-11-12(20)17(27(2)26-11)19(28)25-8-10-13(21)15(23)18(16(24)14(10)22)29-9-6-4-5-7-9/h9H,3-8H2,1-2H3,(H,25,28). The lowest BCUT2D eigenvalue weighted by Crippen LogP contribution is -2.27. The Balaban J connectivity index is 1.82. The molecule has 0 aliphatic heterocycles. The van der Waals surface area contributed by atoms with E-state index in [1.165, 1.54) is 11.7 Å². The fourth-order valence-electron chi connectivity index (χ4n) is 3.37. The minimum absolute atomic E-state index is 0.0218. The molecule has 29 heavy (non-hydrogen) atoms. The minimum Gasteiger partial charge on any atom is -0.484 e. The number of nitrogens with zero attached hydrogens (tertiary/aromatic N) is 2. The van der Waals surface area contributed by atoms with Crippen LogP contribution in [0.2, 0.25) is 5.02 Å². The van der Waals surface area contributed by atoms with Gasteiger partial charge in [-0.05, 0) is 32.1 Å². The zero-order valence-corrected chi connectivity index (χ0v) is 16.7. The number of aryl methyl sites for hydroxylation is 2. The van der Waals surface area contributed by atoms with Crippen LogP contribution in [0.3, 0.4) is 0 Å². The van der Waals surface area contributed by atoms with Crippen molar-refractivity contribution in [2.45, 2.75) is 51.7 Å². The summed E-state index contributed by atoms with van der Waals surface area (Å²) < 4.78 is 63.8. The van der Waals surface area contributed by atoms with Crippen molar-refractivity contribution in [1.29, 1.82) is 0 Å². The highest BCUT2D eigenvalue weighted by molar-refractivity contribution is 6.34. The van der Waals surface area contributed by atoms with Gasteiger partial charge in [0.25, 0.3) is 5.91 Å². The average Bonchev–Trinajstić information content (AvgIpc) is 3.30. The van der Waals surface area contributed by atoms with E-state index >= 15 is 0 Å². The van der Waals surface area contributed by atoms with Crippen LogP contribution in [0.15, 0.2) is 0 Å². The summed E-state index contributed by atoms with van der Waals surface area (Å²) in [5.74, 6) is -8.30. The maximum absolute atomic E-state index is 14.4. The second-order valence-corrected chi connectivity index (χ2v) is 7.24. The van der Waals surface area contributed by atoms with Gasteiger partial charge in [-0.2, -0.15) is 13.9 Å². The van der Waals surface area contributed by atoms with Crippen molar-refractivity contribution in [2.75, 3.05) is 0 Å². The highest BCUT2D eigenvalue weighted by atomic mass is 35.5. The van der Waals surface area contributed by atoms with E-state index in [1.54, 1.807) is 6.92 Å². The van der Waals surface area contributed by atoms with Gasteiger partial charge >= 0.3 is 0 Å². The Morgan fingerprint density at radius 2 is 1.76 bits per heavy atom. The molecule has 1 aliphatic carbocycles. The molecule has 1 fully saturated rings. The molecule has 5 nitrogen and oxygen atoms in total. The number of carbonyl (C=O) groups excluding carboxylic acids is 1. The van der Waals surface area contributed by atoms with Crippen molar-refractivity contribution >= 4 is 17.5 Å². The first-order valence-electron chi connectivity index (χ1n) is 9.27. The summed E-state index contributed by atoms with van der Waals surface area (Å²) in [6.07, 6.45) is 2.75. The first kappa shape index (κ1) is 21.4. The third kappa shape index (κ3) is 4.05. The van der Waals surface area contributed by atoms with Crippen LogP contribution in [0.4, 0.5) is 17.6 Å². The van der Waals surface area contributed by atoms with Crippen LogP contribution in [0.25, 0.3) is 0 Å². The Bertz CT molecular complexity index is 913. The molecule has 1 aliphatic rings. The van der Waals surface area contributed by atoms with Gasteiger partial charge in [-0.15, -0.1) is 0 Å². The van der Waals surface area contributed by atoms with Gasteiger partial charge in [-0.25, -0.2) is 8.78 Å².